The van der Waals surface area contributed by atoms with Crippen molar-refractivity contribution in [3.05, 3.63) is 0 Å². The number of amides is 1. The molecule has 0 aliphatic rings. The average molecular weight is 287 g/mol. The minimum Gasteiger partial charge on any atom is -0.464 e. The molecule has 0 spiro atoms. The van der Waals surface area contributed by atoms with Crippen LogP contribution in [0.15, 0.2) is 0 Å². The molecule has 1 amide bonds. The van der Waals surface area contributed by atoms with E-state index in [0.717, 1.165) is 12.8 Å². The molecule has 1 unspecified atom stereocenters. The summed E-state index contributed by atoms with van der Waals surface area (Å²) in [6, 6.07) is -0.713. The second-order valence-electron chi connectivity index (χ2n) is 6.46. The van der Waals surface area contributed by atoms with Crippen molar-refractivity contribution in [2.24, 2.45) is 11.3 Å². The van der Waals surface area contributed by atoms with E-state index in [1.54, 1.807) is 0 Å². The molecule has 118 valence electrons. The minimum absolute atomic E-state index is 0.260. The summed E-state index contributed by atoms with van der Waals surface area (Å²) in [6.07, 6.45) is 1.19. The van der Waals surface area contributed by atoms with Gasteiger partial charge in [-0.25, -0.2) is 9.59 Å². The summed E-state index contributed by atoms with van der Waals surface area (Å²) in [6.45, 7) is 12.3. The summed E-state index contributed by atoms with van der Waals surface area (Å²) < 4.78 is 10.2. The monoisotopic (exact) mass is 287 g/mol. The molecule has 0 aromatic rings. The Morgan fingerprint density at radius 1 is 1.15 bits per heavy atom. The van der Waals surface area contributed by atoms with Crippen molar-refractivity contribution in [1.29, 1.82) is 0 Å². The van der Waals surface area contributed by atoms with E-state index < -0.39 is 23.5 Å². The molecular weight excluding hydrogens is 258 g/mol. The summed E-state index contributed by atoms with van der Waals surface area (Å²) in [7, 11) is 0. The lowest BCUT2D eigenvalue weighted by atomic mass is 9.87. The summed E-state index contributed by atoms with van der Waals surface area (Å²) in [5.74, 6) is -0.158. The maximum absolute atomic E-state index is 12.1. The van der Waals surface area contributed by atoms with E-state index in [1.165, 1.54) is 0 Å². The normalized spacial score (nSPS) is 12.9. The topological polar surface area (TPSA) is 64.6 Å². The first-order valence-corrected chi connectivity index (χ1v) is 7.28. The van der Waals surface area contributed by atoms with Crippen LogP contribution >= 0.6 is 0 Å². The van der Waals surface area contributed by atoms with Crippen molar-refractivity contribution in [3.63, 3.8) is 0 Å². The first-order chi connectivity index (χ1) is 9.18. The van der Waals surface area contributed by atoms with Gasteiger partial charge in [-0.1, -0.05) is 48.0 Å². The highest BCUT2D eigenvalue weighted by Gasteiger charge is 2.34. The maximum atomic E-state index is 12.1. The van der Waals surface area contributed by atoms with Crippen molar-refractivity contribution in [3.8, 4) is 0 Å². The van der Waals surface area contributed by atoms with E-state index in [-0.39, 0.29) is 5.92 Å². The predicted octanol–water partition coefficient (Wildman–Crippen LogP) is 3.13. The van der Waals surface area contributed by atoms with Gasteiger partial charge in [0.25, 0.3) is 0 Å². The summed E-state index contributed by atoms with van der Waals surface area (Å²) in [5, 5.41) is 2.60. The smallest absolute Gasteiger partial charge is 0.407 e. The van der Waals surface area contributed by atoms with Crippen LogP contribution in [0.5, 0.6) is 0 Å². The van der Waals surface area contributed by atoms with Gasteiger partial charge in [0.1, 0.15) is 6.04 Å². The SMILES string of the molecule is CCCCOC(=O)NC(C(=O)OCC(C)C)C(C)(C)C. The number of esters is 1. The highest BCUT2D eigenvalue weighted by Crippen LogP contribution is 2.20. The Morgan fingerprint density at radius 2 is 1.75 bits per heavy atom. The van der Waals surface area contributed by atoms with Crippen LogP contribution in [0.25, 0.3) is 0 Å². The Bertz CT molecular complexity index is 307. The average Bonchev–Trinajstić information content (AvgIpc) is 2.32. The lowest BCUT2D eigenvalue weighted by Gasteiger charge is -2.29. The van der Waals surface area contributed by atoms with Crippen LogP contribution in [0.4, 0.5) is 4.79 Å². The van der Waals surface area contributed by atoms with E-state index in [1.807, 2.05) is 41.5 Å². The number of carbonyl (C=O) groups excluding carboxylic acids is 2. The molecule has 0 heterocycles. The number of ether oxygens (including phenoxy) is 2. The van der Waals surface area contributed by atoms with Gasteiger partial charge in [-0.3, -0.25) is 0 Å². The Morgan fingerprint density at radius 3 is 2.20 bits per heavy atom. The van der Waals surface area contributed by atoms with E-state index in [2.05, 4.69) is 5.32 Å². The molecule has 0 aliphatic heterocycles. The van der Waals surface area contributed by atoms with Gasteiger partial charge in [-0.2, -0.15) is 0 Å². The molecule has 0 fully saturated rings. The van der Waals surface area contributed by atoms with E-state index in [0.29, 0.717) is 13.2 Å². The van der Waals surface area contributed by atoms with Crippen LogP contribution in [0.3, 0.4) is 0 Å². The zero-order valence-corrected chi connectivity index (χ0v) is 13.6. The quantitative estimate of drug-likeness (QED) is 0.577. The molecule has 0 aromatic heterocycles. The molecule has 0 saturated heterocycles. The molecular formula is C15H29NO4. The van der Waals surface area contributed by atoms with Crippen molar-refractivity contribution in [2.75, 3.05) is 13.2 Å². The van der Waals surface area contributed by atoms with E-state index in [4.69, 9.17) is 9.47 Å². The molecule has 0 rings (SSSR count). The van der Waals surface area contributed by atoms with Gasteiger partial charge in [0.05, 0.1) is 13.2 Å². The molecule has 0 bridgehead atoms. The van der Waals surface area contributed by atoms with Crippen molar-refractivity contribution < 1.29 is 19.1 Å². The maximum Gasteiger partial charge on any atom is 0.407 e. The first kappa shape index (κ1) is 18.7. The molecule has 5 heteroatoms. The highest BCUT2D eigenvalue weighted by atomic mass is 16.6. The van der Waals surface area contributed by atoms with E-state index >= 15 is 0 Å². The predicted molar refractivity (Wildman–Crippen MR) is 78.4 cm³/mol. The third-order valence-electron chi connectivity index (χ3n) is 2.65. The molecule has 1 N–H and O–H groups in total. The van der Waals surface area contributed by atoms with Gasteiger partial charge >= 0.3 is 12.1 Å². The van der Waals surface area contributed by atoms with Crippen molar-refractivity contribution in [2.45, 2.75) is 60.4 Å². The molecule has 0 aromatic carbocycles. The molecule has 0 saturated carbocycles. The molecule has 1 atom stereocenters. The van der Waals surface area contributed by atoms with Gasteiger partial charge in [0, 0.05) is 0 Å². The second kappa shape index (κ2) is 8.82. The first-order valence-electron chi connectivity index (χ1n) is 7.28. The van der Waals surface area contributed by atoms with Crippen molar-refractivity contribution in [1.82, 2.24) is 5.32 Å². The Balaban J connectivity index is 4.50. The third-order valence-corrected chi connectivity index (χ3v) is 2.65. The number of unbranched alkanes of at least 4 members (excludes halogenated alkanes) is 1. The number of rotatable bonds is 7. The number of alkyl carbamates (subject to hydrolysis) is 1. The van der Waals surface area contributed by atoms with Gasteiger partial charge in [-0.15, -0.1) is 0 Å². The Hall–Kier alpha value is -1.26. The lowest BCUT2D eigenvalue weighted by Crippen LogP contribution is -2.50. The van der Waals surface area contributed by atoms with Crippen LogP contribution in [-0.4, -0.2) is 31.3 Å². The summed E-state index contributed by atoms with van der Waals surface area (Å²) in [5.41, 5.74) is -0.433. The number of carbonyl (C=O) groups is 2. The second-order valence-corrected chi connectivity index (χ2v) is 6.46. The van der Waals surface area contributed by atoms with Gasteiger partial charge in [-0.05, 0) is 17.8 Å². The summed E-state index contributed by atoms with van der Waals surface area (Å²) in [4.78, 5) is 23.7. The molecule has 0 radical (unpaired) electrons. The Labute approximate surface area is 122 Å². The Kier molecular flexibility index (Phi) is 8.26. The largest absolute Gasteiger partial charge is 0.464 e. The minimum atomic E-state index is -0.713. The van der Waals surface area contributed by atoms with Crippen LogP contribution < -0.4 is 5.32 Å². The lowest BCUT2D eigenvalue weighted by molar-refractivity contribution is -0.150. The van der Waals surface area contributed by atoms with Gasteiger partial charge in [0.15, 0.2) is 0 Å². The third kappa shape index (κ3) is 8.02. The summed E-state index contributed by atoms with van der Waals surface area (Å²) >= 11 is 0. The van der Waals surface area contributed by atoms with Crippen LogP contribution in [0.1, 0.15) is 54.4 Å². The fourth-order valence-electron chi connectivity index (χ4n) is 1.43. The van der Waals surface area contributed by atoms with Gasteiger partial charge in [0.2, 0.25) is 0 Å². The van der Waals surface area contributed by atoms with Crippen LogP contribution in [-0.2, 0) is 14.3 Å². The standard InChI is InChI=1S/C15H29NO4/c1-7-8-9-19-14(18)16-12(15(4,5)6)13(17)20-10-11(2)3/h11-12H,7-10H2,1-6H3,(H,16,18). The molecule has 5 nitrogen and oxygen atoms in total. The number of hydrogen-bond acceptors (Lipinski definition) is 4. The highest BCUT2D eigenvalue weighted by molar-refractivity contribution is 5.82. The van der Waals surface area contributed by atoms with Crippen molar-refractivity contribution >= 4 is 12.1 Å². The fourth-order valence-corrected chi connectivity index (χ4v) is 1.43. The van der Waals surface area contributed by atoms with Crippen LogP contribution in [0, 0.1) is 11.3 Å². The number of hydrogen-bond donors (Lipinski definition) is 1. The molecule has 0 aliphatic carbocycles. The molecule has 20 heavy (non-hydrogen) atoms. The van der Waals surface area contributed by atoms with Gasteiger partial charge < -0.3 is 14.8 Å². The van der Waals surface area contributed by atoms with E-state index in [9.17, 15) is 9.59 Å². The number of nitrogens with one attached hydrogen (secondary N) is 1. The van der Waals surface area contributed by atoms with Crippen LogP contribution in [0.2, 0.25) is 0 Å². The zero-order valence-electron chi connectivity index (χ0n) is 13.6. The fraction of sp³-hybridized carbons (Fsp3) is 0.867. The zero-order chi connectivity index (χ0) is 15.8.